The molecule has 1 aromatic rings. The molecule has 94 valence electrons. The fourth-order valence-corrected chi connectivity index (χ4v) is 1.49. The maximum atomic E-state index is 11.8. The van der Waals surface area contributed by atoms with E-state index in [1.54, 1.807) is 18.2 Å². The van der Waals surface area contributed by atoms with Crippen LogP contribution < -0.4 is 10.6 Å². The van der Waals surface area contributed by atoms with E-state index in [0.29, 0.717) is 12.1 Å². The van der Waals surface area contributed by atoms with Crippen molar-refractivity contribution in [3.05, 3.63) is 29.3 Å². The van der Waals surface area contributed by atoms with Gasteiger partial charge in [0.05, 0.1) is 5.56 Å². The number of rotatable bonds is 6. The van der Waals surface area contributed by atoms with E-state index >= 15 is 0 Å². The Morgan fingerprint density at radius 3 is 2.76 bits per heavy atom. The molecule has 17 heavy (non-hydrogen) atoms. The van der Waals surface area contributed by atoms with Crippen LogP contribution in [0.2, 0.25) is 0 Å². The second kappa shape index (κ2) is 6.91. The third-order valence-corrected chi connectivity index (χ3v) is 2.41. The van der Waals surface area contributed by atoms with Crippen molar-refractivity contribution < 1.29 is 9.90 Å². The third kappa shape index (κ3) is 4.44. The zero-order valence-corrected chi connectivity index (χ0v) is 10.4. The highest BCUT2D eigenvalue weighted by Crippen LogP contribution is 2.17. The first-order chi connectivity index (χ1) is 8.15. The van der Waals surface area contributed by atoms with Crippen molar-refractivity contribution in [2.75, 3.05) is 19.6 Å². The van der Waals surface area contributed by atoms with Crippen LogP contribution in [0.25, 0.3) is 0 Å². The molecular formula is C13H20N2O2. The average Bonchev–Trinajstić information content (AvgIpc) is 2.32. The number of nitrogens with one attached hydrogen (secondary N) is 2. The molecule has 0 saturated carbocycles. The summed E-state index contributed by atoms with van der Waals surface area (Å²) in [6.07, 6.45) is 1.08. The molecule has 0 spiro atoms. The second-order valence-corrected chi connectivity index (χ2v) is 4.03. The molecule has 0 aliphatic heterocycles. The first-order valence-corrected chi connectivity index (χ1v) is 5.93. The molecule has 0 unspecified atom stereocenters. The number of carbonyl (C=O) groups excluding carboxylic acids is 1. The minimum Gasteiger partial charge on any atom is -0.507 e. The number of phenols is 1. The van der Waals surface area contributed by atoms with E-state index in [-0.39, 0.29) is 11.7 Å². The highest BCUT2D eigenvalue weighted by atomic mass is 16.3. The highest BCUT2D eigenvalue weighted by molar-refractivity contribution is 5.96. The summed E-state index contributed by atoms with van der Waals surface area (Å²) in [5, 5.41) is 15.5. The number of hydrogen-bond donors (Lipinski definition) is 3. The van der Waals surface area contributed by atoms with Crippen LogP contribution in [0.1, 0.15) is 29.3 Å². The first-order valence-electron chi connectivity index (χ1n) is 5.93. The van der Waals surface area contributed by atoms with Crippen LogP contribution in [0.4, 0.5) is 0 Å². The standard InChI is InChI=1S/C13H20N2O2/c1-3-6-14-7-8-15-13(17)11-9-10(2)4-5-12(11)16/h4-5,9,14,16H,3,6-8H2,1-2H3,(H,15,17). The molecule has 4 heteroatoms. The van der Waals surface area contributed by atoms with Gasteiger partial charge in [0, 0.05) is 13.1 Å². The number of hydrogen-bond acceptors (Lipinski definition) is 3. The highest BCUT2D eigenvalue weighted by Gasteiger charge is 2.09. The van der Waals surface area contributed by atoms with E-state index in [0.717, 1.165) is 25.1 Å². The Balaban J connectivity index is 2.44. The van der Waals surface area contributed by atoms with Crippen molar-refractivity contribution in [2.45, 2.75) is 20.3 Å². The number of aryl methyl sites for hydroxylation is 1. The van der Waals surface area contributed by atoms with Gasteiger partial charge in [0.15, 0.2) is 0 Å². The van der Waals surface area contributed by atoms with E-state index in [2.05, 4.69) is 17.6 Å². The van der Waals surface area contributed by atoms with Crippen LogP contribution in [-0.4, -0.2) is 30.6 Å². The van der Waals surface area contributed by atoms with Gasteiger partial charge in [-0.3, -0.25) is 4.79 Å². The minimum atomic E-state index is -0.232. The van der Waals surface area contributed by atoms with E-state index in [9.17, 15) is 9.90 Å². The molecule has 4 nitrogen and oxygen atoms in total. The Bertz CT molecular complexity index is 378. The predicted octanol–water partition coefficient (Wildman–Crippen LogP) is 1.43. The van der Waals surface area contributed by atoms with Gasteiger partial charge < -0.3 is 15.7 Å². The molecule has 0 aromatic heterocycles. The zero-order chi connectivity index (χ0) is 12.7. The number of carbonyl (C=O) groups is 1. The summed E-state index contributed by atoms with van der Waals surface area (Å²) in [4.78, 5) is 11.8. The minimum absolute atomic E-state index is 0.0228. The molecule has 1 aromatic carbocycles. The number of aromatic hydroxyl groups is 1. The van der Waals surface area contributed by atoms with Crippen LogP contribution in [-0.2, 0) is 0 Å². The Hall–Kier alpha value is -1.55. The van der Waals surface area contributed by atoms with E-state index in [1.165, 1.54) is 0 Å². The van der Waals surface area contributed by atoms with E-state index in [4.69, 9.17) is 0 Å². The average molecular weight is 236 g/mol. The van der Waals surface area contributed by atoms with Crippen LogP contribution >= 0.6 is 0 Å². The van der Waals surface area contributed by atoms with E-state index in [1.807, 2.05) is 6.92 Å². The smallest absolute Gasteiger partial charge is 0.255 e. The maximum absolute atomic E-state index is 11.8. The summed E-state index contributed by atoms with van der Waals surface area (Å²) >= 11 is 0. The molecule has 0 aliphatic carbocycles. The molecule has 0 radical (unpaired) electrons. The van der Waals surface area contributed by atoms with Crippen molar-refractivity contribution in [1.29, 1.82) is 0 Å². The molecule has 0 atom stereocenters. The first kappa shape index (κ1) is 13.5. The van der Waals surface area contributed by atoms with Crippen molar-refractivity contribution >= 4 is 5.91 Å². The van der Waals surface area contributed by atoms with Gasteiger partial charge in [-0.1, -0.05) is 18.6 Å². The van der Waals surface area contributed by atoms with Gasteiger partial charge in [0.1, 0.15) is 5.75 Å². The lowest BCUT2D eigenvalue weighted by Gasteiger charge is -2.08. The van der Waals surface area contributed by atoms with Gasteiger partial charge in [0.25, 0.3) is 5.91 Å². The summed E-state index contributed by atoms with van der Waals surface area (Å²) in [6.45, 7) is 6.24. The molecule has 0 heterocycles. The lowest BCUT2D eigenvalue weighted by molar-refractivity contribution is 0.0951. The van der Waals surface area contributed by atoms with Crippen molar-refractivity contribution in [3.8, 4) is 5.75 Å². The van der Waals surface area contributed by atoms with Crippen molar-refractivity contribution in [1.82, 2.24) is 10.6 Å². The predicted molar refractivity (Wildman–Crippen MR) is 68.3 cm³/mol. The van der Waals surface area contributed by atoms with Gasteiger partial charge in [0.2, 0.25) is 0 Å². The molecule has 0 aliphatic rings. The number of phenolic OH excluding ortho intramolecular Hbond substituents is 1. The van der Waals surface area contributed by atoms with Crippen LogP contribution in [0.5, 0.6) is 5.75 Å². The van der Waals surface area contributed by atoms with Gasteiger partial charge >= 0.3 is 0 Å². The SMILES string of the molecule is CCCNCCNC(=O)c1cc(C)ccc1O. The molecule has 3 N–H and O–H groups in total. The lowest BCUT2D eigenvalue weighted by Crippen LogP contribution is -2.32. The van der Waals surface area contributed by atoms with Gasteiger partial charge in [-0.15, -0.1) is 0 Å². The van der Waals surface area contributed by atoms with E-state index < -0.39 is 0 Å². The molecular weight excluding hydrogens is 216 g/mol. The molecule has 1 amide bonds. The second-order valence-electron chi connectivity index (χ2n) is 4.03. The summed E-state index contributed by atoms with van der Waals surface area (Å²) < 4.78 is 0. The molecule has 0 bridgehead atoms. The van der Waals surface area contributed by atoms with Crippen LogP contribution in [0, 0.1) is 6.92 Å². The quantitative estimate of drug-likeness (QED) is 0.655. The Labute approximate surface area is 102 Å². The Kier molecular flexibility index (Phi) is 5.49. The summed E-state index contributed by atoms with van der Waals surface area (Å²) in [6, 6.07) is 5.00. The fraction of sp³-hybridized carbons (Fsp3) is 0.462. The van der Waals surface area contributed by atoms with Crippen LogP contribution in [0.3, 0.4) is 0 Å². The third-order valence-electron chi connectivity index (χ3n) is 2.41. The molecule has 1 rings (SSSR count). The normalized spacial score (nSPS) is 10.2. The Morgan fingerprint density at radius 2 is 2.06 bits per heavy atom. The van der Waals surface area contributed by atoms with Crippen LogP contribution in [0.15, 0.2) is 18.2 Å². The topological polar surface area (TPSA) is 61.4 Å². The Morgan fingerprint density at radius 1 is 1.29 bits per heavy atom. The zero-order valence-electron chi connectivity index (χ0n) is 10.4. The maximum Gasteiger partial charge on any atom is 0.255 e. The summed E-state index contributed by atoms with van der Waals surface area (Å²) in [7, 11) is 0. The van der Waals surface area contributed by atoms with Crippen molar-refractivity contribution in [3.63, 3.8) is 0 Å². The van der Waals surface area contributed by atoms with Gasteiger partial charge in [-0.2, -0.15) is 0 Å². The van der Waals surface area contributed by atoms with Gasteiger partial charge in [-0.25, -0.2) is 0 Å². The molecule has 0 saturated heterocycles. The monoisotopic (exact) mass is 236 g/mol. The number of benzene rings is 1. The lowest BCUT2D eigenvalue weighted by atomic mass is 10.1. The van der Waals surface area contributed by atoms with Crippen molar-refractivity contribution in [2.24, 2.45) is 0 Å². The number of amides is 1. The van der Waals surface area contributed by atoms with Gasteiger partial charge in [-0.05, 0) is 32.0 Å². The summed E-state index contributed by atoms with van der Waals surface area (Å²) in [5.41, 5.74) is 1.29. The summed E-state index contributed by atoms with van der Waals surface area (Å²) in [5.74, 6) is -0.209. The molecule has 0 fully saturated rings. The fourth-order valence-electron chi connectivity index (χ4n) is 1.49. The largest absolute Gasteiger partial charge is 0.507 e.